The molecule has 0 amide bonds. The first-order valence-corrected chi connectivity index (χ1v) is 5.31. The zero-order valence-corrected chi connectivity index (χ0v) is 9.50. The molecule has 0 fully saturated rings. The van der Waals surface area contributed by atoms with E-state index in [2.05, 4.69) is 10.2 Å². The standard InChI is InChI=1S/C11H11ClFN3/c1-6-4-10(14)15-16-11(6)8-5-7(12)2-3-9(8)13/h2-3,5-6H,4H2,1H3,(H2,14,15). The van der Waals surface area contributed by atoms with Crippen molar-refractivity contribution < 1.29 is 4.39 Å². The number of halogens is 2. The van der Waals surface area contributed by atoms with Crippen LogP contribution in [0.15, 0.2) is 28.4 Å². The molecule has 5 heteroatoms. The molecular weight excluding hydrogens is 229 g/mol. The molecule has 1 aromatic carbocycles. The molecule has 0 saturated carbocycles. The van der Waals surface area contributed by atoms with Crippen molar-refractivity contribution in [1.82, 2.24) is 0 Å². The molecule has 0 saturated heterocycles. The maximum atomic E-state index is 13.6. The van der Waals surface area contributed by atoms with E-state index in [1.54, 1.807) is 6.07 Å². The van der Waals surface area contributed by atoms with E-state index in [1.807, 2.05) is 6.92 Å². The quantitative estimate of drug-likeness (QED) is 0.805. The van der Waals surface area contributed by atoms with Crippen LogP contribution in [0.4, 0.5) is 4.39 Å². The fourth-order valence-electron chi connectivity index (χ4n) is 1.68. The molecule has 0 aliphatic carbocycles. The van der Waals surface area contributed by atoms with Gasteiger partial charge in [0, 0.05) is 22.9 Å². The van der Waals surface area contributed by atoms with Gasteiger partial charge >= 0.3 is 0 Å². The predicted molar refractivity (Wildman–Crippen MR) is 63.4 cm³/mol. The van der Waals surface area contributed by atoms with Crippen molar-refractivity contribution in [2.24, 2.45) is 21.9 Å². The highest BCUT2D eigenvalue weighted by molar-refractivity contribution is 6.31. The van der Waals surface area contributed by atoms with Gasteiger partial charge in [0.2, 0.25) is 0 Å². The Labute approximate surface area is 97.8 Å². The van der Waals surface area contributed by atoms with E-state index in [0.29, 0.717) is 28.6 Å². The summed E-state index contributed by atoms with van der Waals surface area (Å²) >= 11 is 5.83. The summed E-state index contributed by atoms with van der Waals surface area (Å²) in [6, 6.07) is 4.39. The highest BCUT2D eigenvalue weighted by Crippen LogP contribution is 2.22. The predicted octanol–water partition coefficient (Wildman–Crippen LogP) is 2.58. The Hall–Kier alpha value is -1.42. The topological polar surface area (TPSA) is 50.7 Å². The molecule has 0 spiro atoms. The number of hydrogen-bond donors (Lipinski definition) is 1. The second-order valence-electron chi connectivity index (χ2n) is 3.81. The number of nitrogens with two attached hydrogens (primary N) is 1. The molecule has 1 atom stereocenters. The molecule has 1 aliphatic heterocycles. The maximum Gasteiger partial charge on any atom is 0.132 e. The fourth-order valence-corrected chi connectivity index (χ4v) is 1.85. The lowest BCUT2D eigenvalue weighted by Gasteiger charge is -2.17. The van der Waals surface area contributed by atoms with Gasteiger partial charge in [-0.25, -0.2) is 4.39 Å². The Balaban J connectivity index is 2.48. The van der Waals surface area contributed by atoms with Gasteiger partial charge in [0.05, 0.1) is 5.71 Å². The van der Waals surface area contributed by atoms with Crippen LogP contribution >= 0.6 is 11.6 Å². The minimum Gasteiger partial charge on any atom is -0.386 e. The number of hydrogen-bond acceptors (Lipinski definition) is 3. The maximum absolute atomic E-state index is 13.6. The van der Waals surface area contributed by atoms with E-state index < -0.39 is 0 Å². The monoisotopic (exact) mass is 239 g/mol. The smallest absolute Gasteiger partial charge is 0.132 e. The van der Waals surface area contributed by atoms with E-state index in [1.165, 1.54) is 12.1 Å². The third kappa shape index (κ3) is 2.07. The van der Waals surface area contributed by atoms with E-state index >= 15 is 0 Å². The lowest BCUT2D eigenvalue weighted by atomic mass is 9.94. The molecule has 1 unspecified atom stereocenters. The Morgan fingerprint density at radius 2 is 2.19 bits per heavy atom. The van der Waals surface area contributed by atoms with Crippen LogP contribution in [-0.2, 0) is 0 Å². The Morgan fingerprint density at radius 1 is 1.44 bits per heavy atom. The van der Waals surface area contributed by atoms with E-state index in [4.69, 9.17) is 17.3 Å². The molecule has 1 heterocycles. The van der Waals surface area contributed by atoms with Gasteiger partial charge in [0.15, 0.2) is 0 Å². The first-order valence-electron chi connectivity index (χ1n) is 4.93. The molecule has 2 N–H and O–H groups in total. The minimum absolute atomic E-state index is 0.0467. The Morgan fingerprint density at radius 3 is 2.88 bits per heavy atom. The lowest BCUT2D eigenvalue weighted by molar-refractivity contribution is 0.621. The molecule has 2 rings (SSSR count). The summed E-state index contributed by atoms with van der Waals surface area (Å²) in [5, 5.41) is 8.21. The zero-order valence-electron chi connectivity index (χ0n) is 8.74. The van der Waals surface area contributed by atoms with E-state index in [-0.39, 0.29) is 11.7 Å². The van der Waals surface area contributed by atoms with Gasteiger partial charge in [-0.05, 0) is 18.2 Å². The molecule has 0 radical (unpaired) electrons. The van der Waals surface area contributed by atoms with Gasteiger partial charge in [-0.3, -0.25) is 0 Å². The summed E-state index contributed by atoms with van der Waals surface area (Å²) in [6.45, 7) is 1.93. The van der Waals surface area contributed by atoms with Gasteiger partial charge in [-0.1, -0.05) is 18.5 Å². The molecule has 1 aromatic rings. The number of nitrogens with zero attached hydrogens (tertiary/aromatic N) is 2. The number of benzene rings is 1. The summed E-state index contributed by atoms with van der Waals surface area (Å²) < 4.78 is 13.6. The SMILES string of the molecule is CC1CC(N)=NN=C1c1cc(Cl)ccc1F. The average molecular weight is 240 g/mol. The molecule has 84 valence electrons. The van der Waals surface area contributed by atoms with Crippen LogP contribution in [0.2, 0.25) is 5.02 Å². The number of amidine groups is 1. The highest BCUT2D eigenvalue weighted by Gasteiger charge is 2.21. The van der Waals surface area contributed by atoms with Crippen LogP contribution in [0.25, 0.3) is 0 Å². The largest absolute Gasteiger partial charge is 0.386 e. The van der Waals surface area contributed by atoms with Gasteiger partial charge < -0.3 is 5.73 Å². The van der Waals surface area contributed by atoms with Gasteiger partial charge in [-0.2, -0.15) is 5.10 Å². The average Bonchev–Trinajstić information content (AvgIpc) is 2.22. The molecule has 0 bridgehead atoms. The first-order chi connectivity index (χ1) is 7.58. The third-order valence-corrected chi connectivity index (χ3v) is 2.71. The van der Waals surface area contributed by atoms with Gasteiger partial charge in [0.1, 0.15) is 11.7 Å². The van der Waals surface area contributed by atoms with Crippen LogP contribution in [-0.4, -0.2) is 11.5 Å². The van der Waals surface area contributed by atoms with Crippen LogP contribution in [0.3, 0.4) is 0 Å². The van der Waals surface area contributed by atoms with Crippen molar-refractivity contribution in [3.63, 3.8) is 0 Å². The molecular formula is C11H11ClFN3. The summed E-state index contributed by atoms with van der Waals surface area (Å²) in [6.07, 6.45) is 0.588. The van der Waals surface area contributed by atoms with Crippen molar-refractivity contribution in [1.29, 1.82) is 0 Å². The summed E-state index contributed by atoms with van der Waals surface area (Å²) in [7, 11) is 0. The highest BCUT2D eigenvalue weighted by atomic mass is 35.5. The van der Waals surface area contributed by atoms with Crippen LogP contribution in [0.1, 0.15) is 18.9 Å². The van der Waals surface area contributed by atoms with Crippen LogP contribution in [0, 0.1) is 11.7 Å². The summed E-state index contributed by atoms with van der Waals surface area (Å²) in [4.78, 5) is 0. The van der Waals surface area contributed by atoms with Crippen LogP contribution < -0.4 is 5.73 Å². The summed E-state index contributed by atoms with van der Waals surface area (Å²) in [5.41, 5.74) is 6.55. The van der Waals surface area contributed by atoms with E-state index in [0.717, 1.165) is 0 Å². The zero-order chi connectivity index (χ0) is 11.7. The normalized spacial score (nSPS) is 20.3. The van der Waals surface area contributed by atoms with Gasteiger partial charge in [-0.15, -0.1) is 5.10 Å². The van der Waals surface area contributed by atoms with Gasteiger partial charge in [0.25, 0.3) is 0 Å². The Kier molecular flexibility index (Phi) is 2.92. The van der Waals surface area contributed by atoms with Crippen molar-refractivity contribution in [2.75, 3.05) is 0 Å². The van der Waals surface area contributed by atoms with Crippen molar-refractivity contribution in [3.8, 4) is 0 Å². The van der Waals surface area contributed by atoms with Crippen molar-refractivity contribution >= 4 is 23.1 Å². The minimum atomic E-state index is -0.342. The first kappa shape index (κ1) is 11.1. The number of rotatable bonds is 1. The van der Waals surface area contributed by atoms with Crippen molar-refractivity contribution in [3.05, 3.63) is 34.6 Å². The summed E-state index contributed by atoms with van der Waals surface area (Å²) in [5.74, 6) is 0.176. The van der Waals surface area contributed by atoms with Crippen molar-refractivity contribution in [2.45, 2.75) is 13.3 Å². The molecule has 0 aromatic heterocycles. The Bertz CT molecular complexity index is 482. The molecule has 1 aliphatic rings. The molecule has 3 nitrogen and oxygen atoms in total. The lowest BCUT2D eigenvalue weighted by Crippen LogP contribution is -2.25. The second-order valence-corrected chi connectivity index (χ2v) is 4.24. The molecule has 16 heavy (non-hydrogen) atoms. The third-order valence-electron chi connectivity index (χ3n) is 2.47. The van der Waals surface area contributed by atoms with E-state index in [9.17, 15) is 4.39 Å². The second kappa shape index (κ2) is 4.22. The van der Waals surface area contributed by atoms with Crippen LogP contribution in [0.5, 0.6) is 0 Å². The fraction of sp³-hybridized carbons (Fsp3) is 0.273.